The Morgan fingerprint density at radius 2 is 2.05 bits per heavy atom. The number of amides is 1. The minimum Gasteiger partial charge on any atom is -0.383 e. The summed E-state index contributed by atoms with van der Waals surface area (Å²) in [6, 6.07) is 0.788. The molecular formula is C15H30N2O2. The third-order valence-electron chi connectivity index (χ3n) is 4.12. The number of carbonyl (C=O) groups is 1. The van der Waals surface area contributed by atoms with Crippen molar-refractivity contribution in [3.8, 4) is 0 Å². The van der Waals surface area contributed by atoms with Crippen LogP contribution in [0.3, 0.4) is 0 Å². The second-order valence-electron chi connectivity index (χ2n) is 5.55. The van der Waals surface area contributed by atoms with Crippen LogP contribution in [0.25, 0.3) is 0 Å². The maximum absolute atomic E-state index is 12.7. The van der Waals surface area contributed by atoms with Crippen LogP contribution in [-0.4, -0.2) is 49.2 Å². The quantitative estimate of drug-likeness (QED) is 0.771. The SMILES string of the molecule is CCC(CC)N(CCOC)C(=O)C1CCCC(C)N1. The van der Waals surface area contributed by atoms with Crippen LogP contribution in [0.2, 0.25) is 0 Å². The Balaban J connectivity index is 2.68. The van der Waals surface area contributed by atoms with Gasteiger partial charge in [0.25, 0.3) is 0 Å². The van der Waals surface area contributed by atoms with Crippen molar-refractivity contribution in [2.45, 2.75) is 71.0 Å². The minimum absolute atomic E-state index is 0.00112. The maximum Gasteiger partial charge on any atom is 0.240 e. The number of piperidine rings is 1. The predicted molar refractivity (Wildman–Crippen MR) is 78.2 cm³/mol. The summed E-state index contributed by atoms with van der Waals surface area (Å²) in [5.74, 6) is 0.261. The van der Waals surface area contributed by atoms with Crippen molar-refractivity contribution in [1.29, 1.82) is 0 Å². The number of nitrogens with one attached hydrogen (secondary N) is 1. The molecule has 2 atom stereocenters. The highest BCUT2D eigenvalue weighted by atomic mass is 16.5. The number of ether oxygens (including phenoxy) is 1. The van der Waals surface area contributed by atoms with Crippen molar-refractivity contribution in [3.63, 3.8) is 0 Å². The molecule has 1 N–H and O–H groups in total. The molecule has 4 heteroatoms. The largest absolute Gasteiger partial charge is 0.383 e. The molecule has 1 amide bonds. The van der Waals surface area contributed by atoms with Gasteiger partial charge < -0.3 is 15.0 Å². The first-order chi connectivity index (χ1) is 9.13. The normalized spacial score (nSPS) is 23.6. The van der Waals surface area contributed by atoms with E-state index in [2.05, 4.69) is 26.1 Å². The van der Waals surface area contributed by atoms with Gasteiger partial charge in [-0.05, 0) is 39.0 Å². The third kappa shape index (κ3) is 4.77. The van der Waals surface area contributed by atoms with Gasteiger partial charge in [0.15, 0.2) is 0 Å². The molecule has 2 unspecified atom stereocenters. The second kappa shape index (κ2) is 8.54. The van der Waals surface area contributed by atoms with Gasteiger partial charge in [-0.1, -0.05) is 13.8 Å². The fraction of sp³-hybridized carbons (Fsp3) is 0.933. The van der Waals surface area contributed by atoms with Gasteiger partial charge in [-0.25, -0.2) is 0 Å². The van der Waals surface area contributed by atoms with E-state index in [1.807, 2.05) is 4.90 Å². The summed E-state index contributed by atoms with van der Waals surface area (Å²) in [6.45, 7) is 7.78. The van der Waals surface area contributed by atoms with Gasteiger partial charge in [0.1, 0.15) is 0 Å². The molecule has 19 heavy (non-hydrogen) atoms. The molecular weight excluding hydrogens is 240 g/mol. The van der Waals surface area contributed by atoms with Crippen molar-refractivity contribution < 1.29 is 9.53 Å². The smallest absolute Gasteiger partial charge is 0.240 e. The van der Waals surface area contributed by atoms with E-state index in [0.717, 1.165) is 25.7 Å². The molecule has 1 saturated heterocycles. The molecule has 0 bridgehead atoms. The lowest BCUT2D eigenvalue weighted by Gasteiger charge is -2.36. The molecule has 0 aromatic rings. The Morgan fingerprint density at radius 3 is 2.58 bits per heavy atom. The summed E-state index contributed by atoms with van der Waals surface area (Å²) in [6.07, 6.45) is 5.30. The second-order valence-corrected chi connectivity index (χ2v) is 5.55. The topological polar surface area (TPSA) is 41.6 Å². The van der Waals surface area contributed by atoms with Gasteiger partial charge in [-0.3, -0.25) is 4.79 Å². The lowest BCUT2D eigenvalue weighted by molar-refractivity contribution is -0.137. The minimum atomic E-state index is 0.00112. The Morgan fingerprint density at radius 1 is 1.37 bits per heavy atom. The van der Waals surface area contributed by atoms with Crippen molar-refractivity contribution in [3.05, 3.63) is 0 Å². The first-order valence-electron chi connectivity index (χ1n) is 7.69. The van der Waals surface area contributed by atoms with Crippen LogP contribution in [0.5, 0.6) is 0 Å². The maximum atomic E-state index is 12.7. The van der Waals surface area contributed by atoms with Gasteiger partial charge in [-0.2, -0.15) is 0 Å². The lowest BCUT2D eigenvalue weighted by Crippen LogP contribution is -2.54. The summed E-state index contributed by atoms with van der Waals surface area (Å²) in [5, 5.41) is 3.44. The van der Waals surface area contributed by atoms with Gasteiger partial charge in [0.05, 0.1) is 12.6 Å². The molecule has 1 heterocycles. The summed E-state index contributed by atoms with van der Waals surface area (Å²) in [7, 11) is 1.69. The highest BCUT2D eigenvalue weighted by Crippen LogP contribution is 2.17. The number of methoxy groups -OCH3 is 1. The number of hydrogen-bond donors (Lipinski definition) is 1. The fourth-order valence-corrected chi connectivity index (χ4v) is 2.92. The average Bonchev–Trinajstić information content (AvgIpc) is 2.43. The molecule has 0 spiro atoms. The zero-order valence-electron chi connectivity index (χ0n) is 12.9. The number of rotatable bonds is 7. The highest BCUT2D eigenvalue weighted by molar-refractivity contribution is 5.82. The van der Waals surface area contributed by atoms with Gasteiger partial charge >= 0.3 is 0 Å². The van der Waals surface area contributed by atoms with Crippen LogP contribution < -0.4 is 5.32 Å². The van der Waals surface area contributed by atoms with E-state index in [9.17, 15) is 4.79 Å². The molecule has 0 saturated carbocycles. The van der Waals surface area contributed by atoms with Crippen molar-refractivity contribution in [2.24, 2.45) is 0 Å². The van der Waals surface area contributed by atoms with Crippen LogP contribution in [0.1, 0.15) is 52.9 Å². The zero-order chi connectivity index (χ0) is 14.3. The molecule has 4 nitrogen and oxygen atoms in total. The van der Waals surface area contributed by atoms with Crippen molar-refractivity contribution in [1.82, 2.24) is 10.2 Å². The van der Waals surface area contributed by atoms with E-state index in [-0.39, 0.29) is 11.9 Å². The molecule has 1 rings (SSSR count). The Kier molecular flexibility index (Phi) is 7.39. The zero-order valence-corrected chi connectivity index (χ0v) is 12.9. The Labute approximate surface area is 117 Å². The van der Waals surface area contributed by atoms with Crippen LogP contribution >= 0.6 is 0 Å². The van der Waals surface area contributed by atoms with E-state index in [4.69, 9.17) is 4.74 Å². The molecule has 112 valence electrons. The number of carbonyl (C=O) groups excluding carboxylic acids is 1. The fourth-order valence-electron chi connectivity index (χ4n) is 2.92. The average molecular weight is 270 g/mol. The molecule has 1 aliphatic heterocycles. The molecule has 0 aliphatic carbocycles. The molecule has 1 aliphatic rings. The van der Waals surface area contributed by atoms with E-state index in [1.165, 1.54) is 6.42 Å². The van der Waals surface area contributed by atoms with Gasteiger partial charge in [-0.15, -0.1) is 0 Å². The molecule has 1 fully saturated rings. The summed E-state index contributed by atoms with van der Waals surface area (Å²) < 4.78 is 5.16. The Hall–Kier alpha value is -0.610. The van der Waals surface area contributed by atoms with Crippen LogP contribution in [0, 0.1) is 0 Å². The molecule has 0 radical (unpaired) electrons. The Bertz CT molecular complexity index is 267. The van der Waals surface area contributed by atoms with Crippen LogP contribution in [0.4, 0.5) is 0 Å². The third-order valence-corrected chi connectivity index (χ3v) is 4.12. The molecule has 0 aromatic heterocycles. The first-order valence-corrected chi connectivity index (χ1v) is 7.69. The standard InChI is InChI=1S/C15H30N2O2/c1-5-13(6-2)17(10-11-19-4)15(18)14-9-7-8-12(3)16-14/h12-14,16H,5-11H2,1-4H3. The van der Waals surface area contributed by atoms with E-state index < -0.39 is 0 Å². The summed E-state index contributed by atoms with van der Waals surface area (Å²) in [5.41, 5.74) is 0. The van der Waals surface area contributed by atoms with E-state index in [1.54, 1.807) is 7.11 Å². The van der Waals surface area contributed by atoms with Crippen molar-refractivity contribution in [2.75, 3.05) is 20.3 Å². The molecule has 0 aromatic carbocycles. The number of nitrogens with zero attached hydrogens (tertiary/aromatic N) is 1. The van der Waals surface area contributed by atoms with Gasteiger partial charge in [0, 0.05) is 25.7 Å². The van der Waals surface area contributed by atoms with Gasteiger partial charge in [0.2, 0.25) is 5.91 Å². The summed E-state index contributed by atoms with van der Waals surface area (Å²) in [4.78, 5) is 14.7. The monoisotopic (exact) mass is 270 g/mol. The number of hydrogen-bond acceptors (Lipinski definition) is 3. The van der Waals surface area contributed by atoms with E-state index >= 15 is 0 Å². The van der Waals surface area contributed by atoms with Crippen molar-refractivity contribution >= 4 is 5.91 Å². The summed E-state index contributed by atoms with van der Waals surface area (Å²) >= 11 is 0. The predicted octanol–water partition coefficient (Wildman–Crippen LogP) is 2.18. The van der Waals surface area contributed by atoms with E-state index in [0.29, 0.717) is 25.2 Å². The first kappa shape index (κ1) is 16.4. The van der Waals surface area contributed by atoms with Crippen LogP contribution in [-0.2, 0) is 9.53 Å². The van der Waals surface area contributed by atoms with Crippen LogP contribution in [0.15, 0.2) is 0 Å². The lowest BCUT2D eigenvalue weighted by atomic mass is 9.97. The highest BCUT2D eigenvalue weighted by Gasteiger charge is 2.30.